The Labute approximate surface area is 120 Å². The second-order valence-corrected chi connectivity index (χ2v) is 4.31. The lowest BCUT2D eigenvalue weighted by molar-refractivity contribution is -0.385. The lowest BCUT2D eigenvalue weighted by Crippen LogP contribution is -2.03. The maximum Gasteiger partial charge on any atom is 0.337 e. The predicted octanol–water partition coefficient (Wildman–Crippen LogP) is 2.83. The number of benzene rings is 1. The van der Waals surface area contributed by atoms with Crippen molar-refractivity contribution in [1.82, 2.24) is 4.98 Å². The number of pyridine rings is 1. The second kappa shape index (κ2) is 6.00. The van der Waals surface area contributed by atoms with Crippen molar-refractivity contribution in [3.63, 3.8) is 0 Å². The van der Waals surface area contributed by atoms with Crippen LogP contribution in [0.1, 0.15) is 15.9 Å². The molecular weight excluding hydrogens is 274 g/mol. The number of hydrogen-bond acceptors (Lipinski definition) is 6. The van der Waals surface area contributed by atoms with Gasteiger partial charge < -0.3 is 10.1 Å². The van der Waals surface area contributed by atoms with Crippen molar-refractivity contribution in [1.29, 1.82) is 0 Å². The lowest BCUT2D eigenvalue weighted by Gasteiger charge is -2.09. The molecule has 1 aromatic heterocycles. The number of nitrogens with one attached hydrogen (secondary N) is 1. The molecule has 0 saturated carbocycles. The number of esters is 1. The molecule has 1 N–H and O–H groups in total. The SMILES string of the molecule is COC(=O)c1ccc(Nc2ccc([N+](=O)[O-])cn2)c(C)c1. The predicted molar refractivity (Wildman–Crippen MR) is 76.7 cm³/mol. The van der Waals surface area contributed by atoms with Crippen molar-refractivity contribution in [2.45, 2.75) is 6.92 Å². The molecule has 0 fully saturated rings. The number of aromatic nitrogens is 1. The third-order valence-corrected chi connectivity index (χ3v) is 2.87. The van der Waals surface area contributed by atoms with E-state index in [4.69, 9.17) is 0 Å². The van der Waals surface area contributed by atoms with Crippen molar-refractivity contribution >= 4 is 23.2 Å². The molecule has 0 spiro atoms. The van der Waals surface area contributed by atoms with Crippen LogP contribution in [0.3, 0.4) is 0 Å². The highest BCUT2D eigenvalue weighted by molar-refractivity contribution is 5.90. The summed E-state index contributed by atoms with van der Waals surface area (Å²) in [6.07, 6.45) is 1.18. The highest BCUT2D eigenvalue weighted by Crippen LogP contribution is 2.22. The molecule has 7 heteroatoms. The quantitative estimate of drug-likeness (QED) is 0.528. The van der Waals surface area contributed by atoms with Crippen molar-refractivity contribution in [2.24, 2.45) is 0 Å². The first-order chi connectivity index (χ1) is 10.0. The molecule has 7 nitrogen and oxygen atoms in total. The van der Waals surface area contributed by atoms with Gasteiger partial charge in [-0.3, -0.25) is 10.1 Å². The van der Waals surface area contributed by atoms with Gasteiger partial charge in [0.1, 0.15) is 12.0 Å². The maximum atomic E-state index is 11.4. The summed E-state index contributed by atoms with van der Waals surface area (Å²) < 4.78 is 4.65. The van der Waals surface area contributed by atoms with Crippen LogP contribution >= 0.6 is 0 Å². The fraction of sp³-hybridized carbons (Fsp3) is 0.143. The average molecular weight is 287 g/mol. The van der Waals surface area contributed by atoms with Gasteiger partial charge in [0.2, 0.25) is 0 Å². The molecule has 1 aromatic carbocycles. The number of rotatable bonds is 4. The van der Waals surface area contributed by atoms with Crippen molar-refractivity contribution < 1.29 is 14.5 Å². The molecule has 0 aliphatic carbocycles. The maximum absolute atomic E-state index is 11.4. The summed E-state index contributed by atoms with van der Waals surface area (Å²) in [5, 5.41) is 13.6. The van der Waals surface area contributed by atoms with Gasteiger partial charge in [0.25, 0.3) is 5.69 Å². The van der Waals surface area contributed by atoms with Crippen molar-refractivity contribution in [2.75, 3.05) is 12.4 Å². The zero-order valence-corrected chi connectivity index (χ0v) is 11.5. The molecule has 1 heterocycles. The molecule has 0 aliphatic heterocycles. The zero-order valence-electron chi connectivity index (χ0n) is 11.5. The molecule has 0 bridgehead atoms. The van der Waals surface area contributed by atoms with Gasteiger partial charge in [0.05, 0.1) is 17.6 Å². The van der Waals surface area contributed by atoms with Gasteiger partial charge in [0, 0.05) is 11.8 Å². The third kappa shape index (κ3) is 3.33. The van der Waals surface area contributed by atoms with Crippen molar-refractivity contribution in [3.05, 3.63) is 57.8 Å². The molecule has 108 valence electrons. The number of carbonyl (C=O) groups is 1. The number of carbonyl (C=O) groups excluding carboxylic acids is 1. The Kier molecular flexibility index (Phi) is 4.13. The fourth-order valence-electron chi connectivity index (χ4n) is 1.75. The fourth-order valence-corrected chi connectivity index (χ4v) is 1.75. The smallest absolute Gasteiger partial charge is 0.337 e. The Balaban J connectivity index is 2.19. The standard InChI is InChI=1S/C14H13N3O4/c1-9-7-10(14(18)21-2)3-5-12(9)16-13-6-4-11(8-15-13)17(19)20/h3-8H,1-2H3,(H,15,16). The van der Waals surface area contributed by atoms with E-state index in [0.717, 1.165) is 11.3 Å². The Morgan fingerprint density at radius 1 is 1.33 bits per heavy atom. The Bertz CT molecular complexity index is 683. The van der Waals surface area contributed by atoms with E-state index in [1.807, 2.05) is 6.92 Å². The third-order valence-electron chi connectivity index (χ3n) is 2.87. The number of ether oxygens (including phenoxy) is 1. The molecule has 21 heavy (non-hydrogen) atoms. The van der Waals surface area contributed by atoms with Crippen LogP contribution in [0.2, 0.25) is 0 Å². The summed E-state index contributed by atoms with van der Waals surface area (Å²) in [6, 6.07) is 7.94. The van der Waals surface area contributed by atoms with Crippen LogP contribution in [0.5, 0.6) is 0 Å². The van der Waals surface area contributed by atoms with E-state index in [1.54, 1.807) is 18.2 Å². The monoisotopic (exact) mass is 287 g/mol. The molecule has 0 amide bonds. The van der Waals surface area contributed by atoms with Crippen LogP contribution in [0.4, 0.5) is 17.2 Å². The van der Waals surface area contributed by atoms with Gasteiger partial charge in [0.15, 0.2) is 0 Å². The van der Waals surface area contributed by atoms with Gasteiger partial charge in [-0.1, -0.05) is 0 Å². The van der Waals surface area contributed by atoms with E-state index in [0.29, 0.717) is 11.4 Å². The van der Waals surface area contributed by atoms with Crippen LogP contribution in [-0.2, 0) is 4.74 Å². The van der Waals surface area contributed by atoms with Crippen LogP contribution in [0.25, 0.3) is 0 Å². The number of nitrogens with zero attached hydrogens (tertiary/aromatic N) is 2. The largest absolute Gasteiger partial charge is 0.465 e. The molecular formula is C14H13N3O4. The summed E-state index contributed by atoms with van der Waals surface area (Å²) in [4.78, 5) is 25.4. The summed E-state index contributed by atoms with van der Waals surface area (Å²) in [5.41, 5.74) is 1.97. The van der Waals surface area contributed by atoms with E-state index >= 15 is 0 Å². The average Bonchev–Trinajstić information content (AvgIpc) is 2.49. The number of hydrogen-bond donors (Lipinski definition) is 1. The van der Waals surface area contributed by atoms with E-state index < -0.39 is 10.9 Å². The molecule has 0 radical (unpaired) electrons. The summed E-state index contributed by atoms with van der Waals surface area (Å²) in [7, 11) is 1.32. The summed E-state index contributed by atoms with van der Waals surface area (Å²) >= 11 is 0. The molecule has 0 atom stereocenters. The van der Waals surface area contributed by atoms with Crippen LogP contribution < -0.4 is 5.32 Å². The summed E-state index contributed by atoms with van der Waals surface area (Å²) in [6.45, 7) is 1.83. The number of methoxy groups -OCH3 is 1. The van der Waals surface area contributed by atoms with Gasteiger partial charge in [-0.2, -0.15) is 0 Å². The highest BCUT2D eigenvalue weighted by atomic mass is 16.6. The minimum atomic E-state index is -0.507. The number of aryl methyl sites for hydroxylation is 1. The first kappa shape index (κ1) is 14.4. The van der Waals surface area contributed by atoms with E-state index in [9.17, 15) is 14.9 Å². The Morgan fingerprint density at radius 2 is 2.10 bits per heavy atom. The first-order valence-electron chi connectivity index (χ1n) is 6.07. The zero-order chi connectivity index (χ0) is 15.4. The number of nitro groups is 1. The van der Waals surface area contributed by atoms with E-state index in [2.05, 4.69) is 15.0 Å². The highest BCUT2D eigenvalue weighted by Gasteiger charge is 2.09. The van der Waals surface area contributed by atoms with Gasteiger partial charge in [-0.25, -0.2) is 9.78 Å². The van der Waals surface area contributed by atoms with Crippen molar-refractivity contribution in [3.8, 4) is 0 Å². The first-order valence-corrected chi connectivity index (χ1v) is 6.07. The minimum Gasteiger partial charge on any atom is -0.465 e. The lowest BCUT2D eigenvalue weighted by atomic mass is 10.1. The normalized spacial score (nSPS) is 10.0. The van der Waals surface area contributed by atoms with Gasteiger partial charge in [-0.15, -0.1) is 0 Å². The van der Waals surface area contributed by atoms with Crippen LogP contribution in [-0.4, -0.2) is 23.0 Å². The summed E-state index contributed by atoms with van der Waals surface area (Å²) in [5.74, 6) is 0.0765. The Morgan fingerprint density at radius 3 is 2.62 bits per heavy atom. The Hall–Kier alpha value is -2.96. The van der Waals surface area contributed by atoms with E-state index in [1.165, 1.54) is 25.4 Å². The van der Waals surface area contributed by atoms with Gasteiger partial charge >= 0.3 is 5.97 Å². The van der Waals surface area contributed by atoms with Crippen LogP contribution in [0.15, 0.2) is 36.5 Å². The molecule has 0 saturated heterocycles. The molecule has 2 rings (SSSR count). The topological polar surface area (TPSA) is 94.4 Å². The molecule has 0 unspecified atom stereocenters. The molecule has 0 aliphatic rings. The van der Waals surface area contributed by atoms with E-state index in [-0.39, 0.29) is 5.69 Å². The van der Waals surface area contributed by atoms with Crippen LogP contribution in [0, 0.1) is 17.0 Å². The molecule has 2 aromatic rings. The number of anilines is 2. The second-order valence-electron chi connectivity index (χ2n) is 4.31. The minimum absolute atomic E-state index is 0.0710. The van der Waals surface area contributed by atoms with Gasteiger partial charge in [-0.05, 0) is 36.8 Å².